The van der Waals surface area contributed by atoms with Crippen molar-refractivity contribution in [1.82, 2.24) is 5.59 Å². The molecular formula is C16H23N5O2. The molecule has 0 spiro atoms. The minimum Gasteiger partial charge on any atom is -0.570 e. The summed E-state index contributed by atoms with van der Waals surface area (Å²) in [6.07, 6.45) is 1.57. The lowest BCUT2D eigenvalue weighted by Gasteiger charge is -2.32. The first-order valence-electron chi connectivity index (χ1n) is 7.74. The third-order valence-corrected chi connectivity index (χ3v) is 3.47. The van der Waals surface area contributed by atoms with Crippen molar-refractivity contribution in [3.63, 3.8) is 0 Å². The molecule has 1 N–H and O–H groups in total. The van der Waals surface area contributed by atoms with Crippen LogP contribution >= 0.6 is 0 Å². The largest absolute Gasteiger partial charge is 0.570 e. The molecule has 0 aromatic heterocycles. The number of anilines is 1. The van der Waals surface area contributed by atoms with Gasteiger partial charge in [-0.25, -0.2) is 4.84 Å². The molecule has 1 aliphatic rings. The molecule has 1 saturated heterocycles. The average Bonchev–Trinajstić information content (AvgIpc) is 2.52. The van der Waals surface area contributed by atoms with Gasteiger partial charge >= 0.3 is 0 Å². The van der Waals surface area contributed by atoms with E-state index in [1.807, 2.05) is 39.0 Å². The maximum Gasteiger partial charge on any atom is 0.119 e. The minimum atomic E-state index is -0.451. The molecule has 0 bridgehead atoms. The maximum absolute atomic E-state index is 11.5. The van der Waals surface area contributed by atoms with Gasteiger partial charge in [-0.2, -0.15) is 5.26 Å². The van der Waals surface area contributed by atoms with Crippen LogP contribution in [0.15, 0.2) is 29.4 Å². The number of nitrogens with one attached hydrogen (secondary N) is 1. The van der Waals surface area contributed by atoms with E-state index in [9.17, 15) is 5.21 Å². The summed E-state index contributed by atoms with van der Waals surface area (Å²) in [5.74, 6) is 0. The van der Waals surface area contributed by atoms with Crippen LogP contribution in [0.2, 0.25) is 0 Å². The van der Waals surface area contributed by atoms with Crippen LogP contribution < -0.4 is 10.5 Å². The predicted octanol–water partition coefficient (Wildman–Crippen LogP) is 2.72. The average molecular weight is 317 g/mol. The number of hydrazine groups is 1. The maximum atomic E-state index is 11.5. The molecule has 7 heteroatoms. The molecule has 1 fully saturated rings. The number of hydrogen-bond acceptors (Lipinski definition) is 5. The van der Waals surface area contributed by atoms with Gasteiger partial charge in [-0.05, 0) is 57.4 Å². The summed E-state index contributed by atoms with van der Waals surface area (Å²) in [7, 11) is 0. The Morgan fingerprint density at radius 1 is 1.39 bits per heavy atom. The van der Waals surface area contributed by atoms with Crippen molar-refractivity contribution in [2.45, 2.75) is 45.3 Å². The Labute approximate surface area is 136 Å². The third-order valence-electron chi connectivity index (χ3n) is 3.47. The highest BCUT2D eigenvalue weighted by Gasteiger charge is 2.22. The molecule has 0 aliphatic carbocycles. The predicted molar refractivity (Wildman–Crippen MR) is 86.4 cm³/mol. The summed E-state index contributed by atoms with van der Waals surface area (Å²) in [6, 6.07) is 9.73. The second-order valence-corrected chi connectivity index (χ2v) is 6.60. The van der Waals surface area contributed by atoms with Crippen LogP contribution in [0.3, 0.4) is 0 Å². The van der Waals surface area contributed by atoms with Crippen LogP contribution in [0.5, 0.6) is 0 Å². The van der Waals surface area contributed by atoms with Gasteiger partial charge in [0.15, 0.2) is 0 Å². The number of rotatable bonds is 4. The Hall–Kier alpha value is -2.33. The van der Waals surface area contributed by atoms with Crippen molar-refractivity contribution in [2.75, 3.05) is 18.0 Å². The summed E-state index contributed by atoms with van der Waals surface area (Å²) < 4.78 is 0. The number of nitriles is 1. The molecule has 1 aliphatic heterocycles. The Morgan fingerprint density at radius 2 is 2.09 bits per heavy atom. The Balaban J connectivity index is 1.82. The van der Waals surface area contributed by atoms with Gasteiger partial charge in [0.25, 0.3) is 0 Å². The quantitative estimate of drug-likeness (QED) is 0.524. The summed E-state index contributed by atoms with van der Waals surface area (Å²) in [6.45, 7) is 7.15. The molecule has 23 heavy (non-hydrogen) atoms. The molecule has 2 rings (SSSR count). The third kappa shape index (κ3) is 5.42. The van der Waals surface area contributed by atoms with Gasteiger partial charge in [-0.15, -0.1) is 0 Å². The van der Waals surface area contributed by atoms with Crippen LogP contribution in [-0.2, 0) is 4.84 Å². The molecule has 124 valence electrons. The van der Waals surface area contributed by atoms with E-state index in [1.165, 1.54) is 0 Å². The fourth-order valence-electron chi connectivity index (χ4n) is 2.42. The first-order chi connectivity index (χ1) is 10.9. The van der Waals surface area contributed by atoms with Crippen LogP contribution in [0, 0.1) is 16.5 Å². The van der Waals surface area contributed by atoms with Crippen molar-refractivity contribution in [2.24, 2.45) is 5.11 Å². The van der Waals surface area contributed by atoms with Crippen LogP contribution in [-0.4, -0.2) is 29.7 Å². The van der Waals surface area contributed by atoms with E-state index in [0.717, 1.165) is 31.6 Å². The molecule has 7 nitrogen and oxygen atoms in total. The SMILES string of the molecule is CC(C)(C)N=[N+]([O-])NOC1CCN(c2cccc(C#N)c2)CC1. The fraction of sp³-hybridized carbons (Fsp3) is 0.562. The number of benzene rings is 1. The Bertz CT molecular complexity index is 595. The standard InChI is InChI=1S/C16H23N5O2/c1-16(2,3)18-21(22)19-23-15-7-9-20(10-8-15)14-6-4-5-13(11-14)12-17/h4-6,11,15H,7-10H2,1-3H3,(H,18,19). The highest BCUT2D eigenvalue weighted by Crippen LogP contribution is 2.22. The molecule has 1 aromatic rings. The van der Waals surface area contributed by atoms with Gasteiger partial charge in [-0.3, -0.25) is 0 Å². The number of nitrogens with zero attached hydrogens (tertiary/aromatic N) is 4. The van der Waals surface area contributed by atoms with E-state index in [-0.39, 0.29) is 6.10 Å². The van der Waals surface area contributed by atoms with Crippen molar-refractivity contribution in [3.8, 4) is 6.07 Å². The fourth-order valence-corrected chi connectivity index (χ4v) is 2.42. The highest BCUT2D eigenvalue weighted by atomic mass is 16.8. The molecule has 1 heterocycles. The van der Waals surface area contributed by atoms with E-state index < -0.39 is 5.54 Å². The van der Waals surface area contributed by atoms with Gasteiger partial charge in [0.1, 0.15) is 5.54 Å². The van der Waals surface area contributed by atoms with Crippen molar-refractivity contribution in [3.05, 3.63) is 35.0 Å². The lowest BCUT2D eigenvalue weighted by molar-refractivity contribution is -0.653. The van der Waals surface area contributed by atoms with Gasteiger partial charge < -0.3 is 10.1 Å². The highest BCUT2D eigenvalue weighted by molar-refractivity contribution is 5.51. The molecule has 0 radical (unpaired) electrons. The number of hydrogen-bond donors (Lipinski definition) is 1. The Morgan fingerprint density at radius 3 is 2.70 bits per heavy atom. The summed E-state index contributed by atoms with van der Waals surface area (Å²) in [5.41, 5.74) is 3.59. The van der Waals surface area contributed by atoms with Gasteiger partial charge in [0.2, 0.25) is 0 Å². The first-order valence-corrected chi connectivity index (χ1v) is 7.74. The van der Waals surface area contributed by atoms with E-state index in [0.29, 0.717) is 10.5 Å². The zero-order chi connectivity index (χ0) is 16.9. The lowest BCUT2D eigenvalue weighted by atomic mass is 10.1. The normalized spacial score (nSPS) is 17.0. The van der Waals surface area contributed by atoms with Crippen molar-refractivity contribution < 1.29 is 9.81 Å². The first kappa shape index (κ1) is 17.0. The molecular weight excluding hydrogens is 294 g/mol. The molecule has 1 aromatic carbocycles. The van der Waals surface area contributed by atoms with Crippen molar-refractivity contribution >= 4 is 5.69 Å². The molecule has 0 atom stereocenters. The molecule has 0 unspecified atom stereocenters. The van der Waals surface area contributed by atoms with Gasteiger partial charge in [-0.1, -0.05) is 6.07 Å². The summed E-state index contributed by atoms with van der Waals surface area (Å²) in [5, 5.41) is 24.4. The van der Waals surface area contributed by atoms with Crippen LogP contribution in [0.1, 0.15) is 39.2 Å². The topological polar surface area (TPSA) is 86.7 Å². The Kier molecular flexibility index (Phi) is 5.40. The number of piperidine rings is 1. The monoisotopic (exact) mass is 317 g/mol. The van der Waals surface area contributed by atoms with Gasteiger partial charge in [0, 0.05) is 23.9 Å². The van der Waals surface area contributed by atoms with Crippen LogP contribution in [0.25, 0.3) is 0 Å². The van der Waals surface area contributed by atoms with E-state index >= 15 is 0 Å². The smallest absolute Gasteiger partial charge is 0.119 e. The summed E-state index contributed by atoms with van der Waals surface area (Å²) in [4.78, 5) is 8.01. The zero-order valence-corrected chi connectivity index (χ0v) is 13.8. The second kappa shape index (κ2) is 7.29. The second-order valence-electron chi connectivity index (χ2n) is 6.60. The van der Waals surface area contributed by atoms with Gasteiger partial charge in [0.05, 0.1) is 22.7 Å². The minimum absolute atomic E-state index is 0.0305. The van der Waals surface area contributed by atoms with Crippen molar-refractivity contribution in [1.29, 1.82) is 5.26 Å². The zero-order valence-electron chi connectivity index (χ0n) is 13.8. The molecule has 0 amide bonds. The summed E-state index contributed by atoms with van der Waals surface area (Å²) >= 11 is 0. The molecule has 0 saturated carbocycles. The van der Waals surface area contributed by atoms with E-state index in [4.69, 9.17) is 10.1 Å². The van der Waals surface area contributed by atoms with E-state index in [1.54, 1.807) is 6.07 Å². The van der Waals surface area contributed by atoms with Crippen LogP contribution in [0.4, 0.5) is 5.69 Å². The lowest BCUT2D eigenvalue weighted by Crippen LogP contribution is -2.40. The van der Waals surface area contributed by atoms with E-state index in [2.05, 4.69) is 21.7 Å².